The quantitative estimate of drug-likeness (QED) is 0.472. The van der Waals surface area contributed by atoms with Crippen LogP contribution >= 0.6 is 0 Å². The number of benzene rings is 3. The fourth-order valence-electron chi connectivity index (χ4n) is 3.28. The second kappa shape index (κ2) is 8.60. The molecule has 1 amide bonds. The smallest absolute Gasteiger partial charge is 0.262 e. The molecule has 0 saturated heterocycles. The Morgan fingerprint density at radius 1 is 0.968 bits per heavy atom. The molecule has 1 aromatic heterocycles. The number of fused-ring (bicyclic) bond motifs is 1. The number of hydrogen-bond donors (Lipinski definition) is 1. The first-order valence-corrected chi connectivity index (χ1v) is 10.4. The van der Waals surface area contributed by atoms with Gasteiger partial charge in [-0.1, -0.05) is 43.7 Å². The van der Waals surface area contributed by atoms with Gasteiger partial charge in [-0.3, -0.25) is 4.79 Å². The maximum atomic E-state index is 12.4. The van der Waals surface area contributed by atoms with Crippen molar-refractivity contribution in [3.63, 3.8) is 0 Å². The second-order valence-electron chi connectivity index (χ2n) is 8.04. The van der Waals surface area contributed by atoms with Crippen molar-refractivity contribution >= 4 is 22.6 Å². The third-order valence-corrected chi connectivity index (χ3v) is 5.18. The van der Waals surface area contributed by atoms with Crippen LogP contribution in [-0.4, -0.2) is 27.5 Å². The van der Waals surface area contributed by atoms with Crippen molar-refractivity contribution in [2.75, 3.05) is 11.9 Å². The lowest BCUT2D eigenvalue weighted by Crippen LogP contribution is -2.20. The Morgan fingerprint density at radius 2 is 1.61 bits per heavy atom. The molecule has 4 rings (SSSR count). The number of hydrogen-bond acceptors (Lipinski definition) is 4. The summed E-state index contributed by atoms with van der Waals surface area (Å²) in [7, 11) is 0. The molecule has 0 aliphatic rings. The van der Waals surface area contributed by atoms with E-state index in [1.54, 1.807) is 4.80 Å². The van der Waals surface area contributed by atoms with E-state index in [0.717, 1.165) is 22.3 Å². The van der Waals surface area contributed by atoms with Crippen LogP contribution in [0.15, 0.2) is 60.7 Å². The molecule has 0 atom stereocenters. The molecule has 1 N–H and O–H groups in total. The Morgan fingerprint density at radius 3 is 2.26 bits per heavy atom. The standard InChI is InChI=1S/C25H26N4O2/c1-16(2)19-7-9-20(10-8-19)29-27-23-13-18(4)22(14-24(23)28-29)26-25(30)15-31-21-11-5-17(3)6-12-21/h5-14,16H,15H2,1-4H3,(H,26,30). The van der Waals surface area contributed by atoms with Crippen molar-refractivity contribution in [1.82, 2.24) is 15.0 Å². The van der Waals surface area contributed by atoms with Crippen LogP contribution in [0.25, 0.3) is 16.7 Å². The zero-order valence-electron chi connectivity index (χ0n) is 18.2. The van der Waals surface area contributed by atoms with E-state index < -0.39 is 0 Å². The molecule has 0 unspecified atom stereocenters. The minimum Gasteiger partial charge on any atom is -0.484 e. The van der Waals surface area contributed by atoms with Gasteiger partial charge in [0.1, 0.15) is 16.8 Å². The predicted molar refractivity (Wildman–Crippen MR) is 123 cm³/mol. The molecule has 6 heteroatoms. The molecule has 0 spiro atoms. The van der Waals surface area contributed by atoms with Gasteiger partial charge in [-0.25, -0.2) is 0 Å². The molecule has 1 heterocycles. The van der Waals surface area contributed by atoms with Crippen LogP contribution in [0.1, 0.15) is 36.5 Å². The van der Waals surface area contributed by atoms with E-state index in [9.17, 15) is 4.79 Å². The number of ether oxygens (including phenoxy) is 1. The molecule has 6 nitrogen and oxygen atoms in total. The van der Waals surface area contributed by atoms with Gasteiger partial charge in [0.25, 0.3) is 5.91 Å². The average Bonchev–Trinajstić information content (AvgIpc) is 3.16. The molecule has 4 aromatic rings. The van der Waals surface area contributed by atoms with Gasteiger partial charge < -0.3 is 10.1 Å². The van der Waals surface area contributed by atoms with Crippen molar-refractivity contribution in [1.29, 1.82) is 0 Å². The highest BCUT2D eigenvalue weighted by Gasteiger charge is 2.11. The number of nitrogens with zero attached hydrogens (tertiary/aromatic N) is 3. The van der Waals surface area contributed by atoms with E-state index in [2.05, 4.69) is 41.5 Å². The first-order valence-electron chi connectivity index (χ1n) is 10.4. The number of nitrogens with one attached hydrogen (secondary N) is 1. The maximum Gasteiger partial charge on any atom is 0.262 e. The number of amides is 1. The molecule has 0 fully saturated rings. The Balaban J connectivity index is 1.49. The molecule has 0 aliphatic carbocycles. The van der Waals surface area contributed by atoms with Crippen molar-refractivity contribution in [2.45, 2.75) is 33.6 Å². The third-order valence-electron chi connectivity index (χ3n) is 5.18. The van der Waals surface area contributed by atoms with Crippen LogP contribution < -0.4 is 10.1 Å². The summed E-state index contributed by atoms with van der Waals surface area (Å²) in [6.45, 7) is 8.22. The average molecular weight is 415 g/mol. The Labute approximate surface area is 181 Å². The largest absolute Gasteiger partial charge is 0.484 e. The lowest BCUT2D eigenvalue weighted by atomic mass is 10.0. The van der Waals surface area contributed by atoms with Gasteiger partial charge in [0.15, 0.2) is 6.61 Å². The summed E-state index contributed by atoms with van der Waals surface area (Å²) in [5, 5.41) is 12.1. The van der Waals surface area contributed by atoms with E-state index >= 15 is 0 Å². The highest BCUT2D eigenvalue weighted by Crippen LogP contribution is 2.23. The number of carbonyl (C=O) groups excluding carboxylic acids is 1. The summed E-state index contributed by atoms with van der Waals surface area (Å²) in [6.07, 6.45) is 0. The van der Waals surface area contributed by atoms with Crippen LogP contribution in [0.4, 0.5) is 5.69 Å². The van der Waals surface area contributed by atoms with E-state index in [0.29, 0.717) is 22.9 Å². The fraction of sp³-hybridized carbons (Fsp3) is 0.240. The maximum absolute atomic E-state index is 12.4. The molecule has 0 aliphatic heterocycles. The Bertz CT molecular complexity index is 1210. The van der Waals surface area contributed by atoms with E-state index in [1.807, 2.05) is 62.4 Å². The molecular weight excluding hydrogens is 388 g/mol. The van der Waals surface area contributed by atoms with Crippen molar-refractivity contribution in [3.05, 3.63) is 77.4 Å². The van der Waals surface area contributed by atoms with E-state index in [1.165, 1.54) is 5.56 Å². The second-order valence-corrected chi connectivity index (χ2v) is 8.04. The molecule has 3 aromatic carbocycles. The van der Waals surface area contributed by atoms with Crippen molar-refractivity contribution < 1.29 is 9.53 Å². The highest BCUT2D eigenvalue weighted by atomic mass is 16.5. The first-order chi connectivity index (χ1) is 14.9. The van der Waals surface area contributed by atoms with Gasteiger partial charge in [0, 0.05) is 5.69 Å². The predicted octanol–water partition coefficient (Wildman–Crippen LogP) is 5.18. The minimum absolute atomic E-state index is 0.0601. The van der Waals surface area contributed by atoms with Crippen LogP contribution in [0.5, 0.6) is 5.75 Å². The molecule has 0 saturated carbocycles. The zero-order valence-corrected chi connectivity index (χ0v) is 18.2. The van der Waals surface area contributed by atoms with Crippen LogP contribution in [0.3, 0.4) is 0 Å². The first kappa shape index (κ1) is 20.6. The Hall–Kier alpha value is -3.67. The van der Waals surface area contributed by atoms with Gasteiger partial charge in [-0.05, 0) is 67.3 Å². The fourth-order valence-corrected chi connectivity index (χ4v) is 3.28. The summed E-state index contributed by atoms with van der Waals surface area (Å²) in [4.78, 5) is 14.0. The number of carbonyl (C=O) groups is 1. The lowest BCUT2D eigenvalue weighted by molar-refractivity contribution is -0.118. The van der Waals surface area contributed by atoms with Gasteiger partial charge in [-0.2, -0.15) is 4.80 Å². The SMILES string of the molecule is Cc1ccc(OCC(=O)Nc2cc3nn(-c4ccc(C(C)C)cc4)nc3cc2C)cc1. The van der Waals surface area contributed by atoms with E-state index in [-0.39, 0.29) is 12.5 Å². The summed E-state index contributed by atoms with van der Waals surface area (Å²) < 4.78 is 5.57. The van der Waals surface area contributed by atoms with Crippen LogP contribution in [0, 0.1) is 13.8 Å². The summed E-state index contributed by atoms with van der Waals surface area (Å²) in [5.41, 5.74) is 6.42. The lowest BCUT2D eigenvalue weighted by Gasteiger charge is -2.09. The molecule has 31 heavy (non-hydrogen) atoms. The Kier molecular flexibility index (Phi) is 5.71. The van der Waals surface area contributed by atoms with Crippen LogP contribution in [-0.2, 0) is 4.79 Å². The normalized spacial score (nSPS) is 11.1. The number of anilines is 1. The molecule has 158 valence electrons. The number of aryl methyl sites for hydroxylation is 2. The molecule has 0 bridgehead atoms. The third kappa shape index (κ3) is 4.74. The van der Waals surface area contributed by atoms with E-state index in [4.69, 9.17) is 4.74 Å². The molecular formula is C25H26N4O2. The minimum atomic E-state index is -0.223. The monoisotopic (exact) mass is 414 g/mol. The molecule has 0 radical (unpaired) electrons. The number of rotatable bonds is 6. The highest BCUT2D eigenvalue weighted by molar-refractivity contribution is 5.95. The van der Waals surface area contributed by atoms with Crippen molar-refractivity contribution in [3.8, 4) is 11.4 Å². The topological polar surface area (TPSA) is 69.0 Å². The van der Waals surface area contributed by atoms with Gasteiger partial charge in [-0.15, -0.1) is 10.2 Å². The van der Waals surface area contributed by atoms with Gasteiger partial charge in [0.2, 0.25) is 0 Å². The zero-order chi connectivity index (χ0) is 22.0. The summed E-state index contributed by atoms with van der Waals surface area (Å²) in [6, 6.07) is 19.6. The van der Waals surface area contributed by atoms with Gasteiger partial charge >= 0.3 is 0 Å². The number of aromatic nitrogens is 3. The summed E-state index contributed by atoms with van der Waals surface area (Å²) >= 11 is 0. The van der Waals surface area contributed by atoms with Crippen molar-refractivity contribution in [2.24, 2.45) is 0 Å². The summed E-state index contributed by atoms with van der Waals surface area (Å²) in [5.74, 6) is 0.918. The van der Waals surface area contributed by atoms with Gasteiger partial charge in [0.05, 0.1) is 5.69 Å². The van der Waals surface area contributed by atoms with Crippen LogP contribution in [0.2, 0.25) is 0 Å².